The number of alkyl halides is 3. The Kier molecular flexibility index (Phi) is 10.9. The van der Waals surface area contributed by atoms with E-state index in [1.807, 2.05) is 6.92 Å². The minimum absolute atomic E-state index is 0.00781. The van der Waals surface area contributed by atoms with Gasteiger partial charge >= 0.3 is 15.6 Å². The van der Waals surface area contributed by atoms with Gasteiger partial charge < -0.3 is 18.4 Å². The van der Waals surface area contributed by atoms with Crippen LogP contribution in [0.1, 0.15) is 12.5 Å². The Balaban J connectivity index is 2.00. The fourth-order valence-electron chi connectivity index (χ4n) is 3.86. The van der Waals surface area contributed by atoms with Gasteiger partial charge in [-0.15, -0.1) is 0 Å². The molecule has 0 aliphatic carbocycles. The Bertz CT molecular complexity index is 1470. The molecule has 0 saturated heterocycles. The number of hydrogen-bond donors (Lipinski definition) is 0. The van der Waals surface area contributed by atoms with Gasteiger partial charge in [-0.2, -0.15) is 26.7 Å². The maximum Gasteiger partial charge on any atom is 0.534 e. The van der Waals surface area contributed by atoms with Crippen LogP contribution in [0, 0.1) is 0 Å². The molecule has 0 radical (unpaired) electrons. The number of fused-ring (bicyclic) bond motifs is 1. The second-order valence-electron chi connectivity index (χ2n) is 12.3. The highest BCUT2D eigenvalue weighted by molar-refractivity contribution is 7.88. The van der Waals surface area contributed by atoms with Gasteiger partial charge in [0.15, 0.2) is 6.79 Å². The van der Waals surface area contributed by atoms with E-state index in [0.29, 0.717) is 36.5 Å². The zero-order valence-corrected chi connectivity index (χ0v) is 28.0. The van der Waals surface area contributed by atoms with Crippen LogP contribution < -0.4 is 8.92 Å². The Labute approximate surface area is 247 Å². The van der Waals surface area contributed by atoms with Crippen LogP contribution in [0.3, 0.4) is 0 Å². The highest BCUT2D eigenvalue weighted by Gasteiger charge is 2.49. The first-order valence-electron chi connectivity index (χ1n) is 13.7. The summed E-state index contributed by atoms with van der Waals surface area (Å²) in [7, 11) is -8.57. The highest BCUT2D eigenvalue weighted by Crippen LogP contribution is 2.38. The van der Waals surface area contributed by atoms with Gasteiger partial charge in [0.05, 0.1) is 10.9 Å². The second-order valence-corrected chi connectivity index (χ2v) is 25.1. The standard InChI is InChI=1S/C27H40F3N3O6SSi2/c1-8-20-17-21(38-19-37-14-16-42(5,6)7)9-10-22(20)25-24-23(33(32-25)18-36-13-15-41(2,3)4)11-12-31-26(24)39-40(34,35)27(28,29)30/h9-12,17H,8,13-16,18-19H2,1-7H3. The molecule has 9 nitrogen and oxygen atoms in total. The zero-order chi connectivity index (χ0) is 31.3. The van der Waals surface area contributed by atoms with E-state index in [9.17, 15) is 21.6 Å². The second kappa shape index (κ2) is 13.4. The Hall–Kier alpha value is -2.47. The highest BCUT2D eigenvalue weighted by atomic mass is 32.2. The van der Waals surface area contributed by atoms with Crippen LogP contribution in [0.5, 0.6) is 11.6 Å². The number of pyridine rings is 1. The minimum atomic E-state index is -5.97. The van der Waals surface area contributed by atoms with Crippen molar-refractivity contribution in [1.82, 2.24) is 14.8 Å². The molecule has 0 aliphatic rings. The Morgan fingerprint density at radius 2 is 1.60 bits per heavy atom. The SMILES string of the molecule is CCc1cc(OCOCC[Si](C)(C)C)ccc1-c1nn(COCC[Si](C)(C)C)c2ccnc(OS(=O)(=O)C(F)(F)F)c12. The molecule has 42 heavy (non-hydrogen) atoms. The maximum atomic E-state index is 13.2. The number of ether oxygens (including phenoxy) is 3. The lowest BCUT2D eigenvalue weighted by Gasteiger charge is -2.16. The molecule has 0 bridgehead atoms. The van der Waals surface area contributed by atoms with E-state index >= 15 is 0 Å². The van der Waals surface area contributed by atoms with Gasteiger partial charge in [0, 0.05) is 41.1 Å². The molecule has 0 atom stereocenters. The van der Waals surface area contributed by atoms with Crippen LogP contribution in [0.25, 0.3) is 22.2 Å². The number of rotatable bonds is 15. The molecule has 0 fully saturated rings. The monoisotopic (exact) mass is 647 g/mol. The lowest BCUT2D eigenvalue weighted by atomic mass is 10.00. The topological polar surface area (TPSA) is 102 Å². The molecule has 0 aliphatic heterocycles. The number of aromatic nitrogens is 3. The first-order chi connectivity index (χ1) is 19.4. The van der Waals surface area contributed by atoms with Crippen molar-refractivity contribution >= 4 is 37.2 Å². The van der Waals surface area contributed by atoms with E-state index in [-0.39, 0.29) is 24.6 Å². The molecule has 3 aromatic rings. The third-order valence-corrected chi connectivity index (χ3v) is 10.7. The summed E-state index contributed by atoms with van der Waals surface area (Å²) < 4.78 is 86.8. The smallest absolute Gasteiger partial charge is 0.468 e. The van der Waals surface area contributed by atoms with Gasteiger partial charge in [-0.25, -0.2) is 9.67 Å². The lowest BCUT2D eigenvalue weighted by Crippen LogP contribution is -2.28. The average Bonchev–Trinajstić information content (AvgIpc) is 3.23. The van der Waals surface area contributed by atoms with Crippen LogP contribution in [0.2, 0.25) is 51.4 Å². The molecule has 15 heteroatoms. The first kappa shape index (κ1) is 34.0. The number of nitrogens with zero attached hydrogens (tertiary/aromatic N) is 3. The van der Waals surface area contributed by atoms with E-state index in [2.05, 4.69) is 53.5 Å². The summed E-state index contributed by atoms with van der Waals surface area (Å²) in [6.07, 6.45) is 1.70. The van der Waals surface area contributed by atoms with Gasteiger partial charge in [-0.1, -0.05) is 46.2 Å². The van der Waals surface area contributed by atoms with E-state index in [0.717, 1.165) is 17.7 Å². The van der Waals surface area contributed by atoms with Gasteiger partial charge in [-0.3, -0.25) is 0 Å². The van der Waals surface area contributed by atoms with Crippen molar-refractivity contribution in [3.63, 3.8) is 0 Å². The van der Waals surface area contributed by atoms with E-state index in [4.69, 9.17) is 14.2 Å². The van der Waals surface area contributed by atoms with Crippen molar-refractivity contribution in [2.24, 2.45) is 0 Å². The van der Waals surface area contributed by atoms with Gasteiger partial charge in [0.1, 0.15) is 18.2 Å². The third-order valence-electron chi connectivity index (χ3n) is 6.33. The van der Waals surface area contributed by atoms with Crippen LogP contribution >= 0.6 is 0 Å². The summed E-state index contributed by atoms with van der Waals surface area (Å²) in [6, 6.07) is 8.67. The van der Waals surface area contributed by atoms with Gasteiger partial charge in [0.2, 0.25) is 5.88 Å². The first-order valence-corrected chi connectivity index (χ1v) is 22.5. The number of aryl methyl sites for hydroxylation is 1. The van der Waals surface area contributed by atoms with E-state index in [1.54, 1.807) is 18.2 Å². The molecule has 2 heterocycles. The van der Waals surface area contributed by atoms with Crippen molar-refractivity contribution < 1.29 is 40.0 Å². The van der Waals surface area contributed by atoms with Crippen LogP contribution in [-0.2, 0) is 32.7 Å². The molecule has 3 rings (SSSR count). The summed E-state index contributed by atoms with van der Waals surface area (Å²) in [4.78, 5) is 3.85. The fourth-order valence-corrected chi connectivity index (χ4v) is 5.80. The molecule has 0 amide bonds. The van der Waals surface area contributed by atoms with Crippen molar-refractivity contribution in [2.75, 3.05) is 20.0 Å². The van der Waals surface area contributed by atoms with Crippen molar-refractivity contribution in [3.05, 3.63) is 36.0 Å². The number of benzene rings is 1. The molecule has 0 saturated carbocycles. The van der Waals surface area contributed by atoms with Crippen LogP contribution in [0.4, 0.5) is 13.2 Å². The largest absolute Gasteiger partial charge is 0.534 e. The predicted octanol–water partition coefficient (Wildman–Crippen LogP) is 6.89. The quantitative estimate of drug-likeness (QED) is 0.0578. The predicted molar refractivity (Wildman–Crippen MR) is 162 cm³/mol. The summed E-state index contributed by atoms with van der Waals surface area (Å²) in [5.74, 6) is -0.164. The van der Waals surface area contributed by atoms with Crippen molar-refractivity contribution in [2.45, 2.75) is 77.0 Å². The summed E-state index contributed by atoms with van der Waals surface area (Å²) in [6.45, 7) is 16.5. The Morgan fingerprint density at radius 3 is 2.19 bits per heavy atom. The Morgan fingerprint density at radius 1 is 0.952 bits per heavy atom. The van der Waals surface area contributed by atoms with Crippen molar-refractivity contribution in [3.8, 4) is 22.9 Å². The third kappa shape index (κ3) is 9.26. The molecular weight excluding hydrogens is 608 g/mol. The molecule has 0 unspecified atom stereocenters. The molecule has 0 N–H and O–H groups in total. The van der Waals surface area contributed by atoms with Gasteiger partial charge in [0.25, 0.3) is 0 Å². The molecular formula is C27H40F3N3O6SSi2. The lowest BCUT2D eigenvalue weighted by molar-refractivity contribution is -0.0500. The van der Waals surface area contributed by atoms with E-state index in [1.165, 1.54) is 16.9 Å². The molecule has 2 aromatic heterocycles. The number of hydrogen-bond acceptors (Lipinski definition) is 8. The molecule has 1 aromatic carbocycles. The van der Waals surface area contributed by atoms with Crippen LogP contribution in [0.15, 0.2) is 30.5 Å². The fraction of sp³-hybridized carbons (Fsp3) is 0.556. The van der Waals surface area contributed by atoms with E-state index < -0.39 is 37.7 Å². The zero-order valence-electron chi connectivity index (χ0n) is 25.2. The molecule has 234 valence electrons. The normalized spacial score (nSPS) is 13.1. The minimum Gasteiger partial charge on any atom is -0.468 e. The van der Waals surface area contributed by atoms with Crippen LogP contribution in [-0.4, -0.2) is 64.8 Å². The number of halogens is 3. The summed E-state index contributed by atoms with van der Waals surface area (Å²) in [5, 5.41) is 4.66. The maximum absolute atomic E-state index is 13.2. The average molecular weight is 648 g/mol. The van der Waals surface area contributed by atoms with Gasteiger partial charge in [-0.05, 0) is 48.3 Å². The van der Waals surface area contributed by atoms with Crippen molar-refractivity contribution in [1.29, 1.82) is 0 Å². The summed E-state index contributed by atoms with van der Waals surface area (Å²) in [5.41, 5.74) is -3.75. The molecule has 0 spiro atoms. The summed E-state index contributed by atoms with van der Waals surface area (Å²) >= 11 is 0.